The number of likely N-dealkylation sites (N-methyl/N-ethyl adjacent to an activating group) is 1. The molecule has 2 aliphatic rings. The van der Waals surface area contributed by atoms with Crippen LogP contribution in [0.3, 0.4) is 0 Å². The summed E-state index contributed by atoms with van der Waals surface area (Å²) < 4.78 is 34.8. The maximum Gasteiger partial charge on any atom is 0.237 e. The molecule has 0 saturated carbocycles. The van der Waals surface area contributed by atoms with Crippen LogP contribution in [0.2, 0.25) is 0 Å². The summed E-state index contributed by atoms with van der Waals surface area (Å²) in [6.45, 7) is 5.84. The van der Waals surface area contributed by atoms with Gasteiger partial charge < -0.3 is 14.4 Å². The molecule has 0 radical (unpaired) electrons. The summed E-state index contributed by atoms with van der Waals surface area (Å²) in [5.74, 6) is -0.750. The second-order valence-corrected chi connectivity index (χ2v) is 8.34. The molecule has 0 N–H and O–H groups in total. The number of rotatable bonds is 3. The van der Waals surface area contributed by atoms with Gasteiger partial charge in [0.1, 0.15) is 0 Å². The van der Waals surface area contributed by atoms with Crippen molar-refractivity contribution in [3.8, 4) is 0 Å². The highest BCUT2D eigenvalue weighted by atomic mass is 32.2. The molecule has 1 spiro atoms. The smallest absolute Gasteiger partial charge is 0.237 e. The van der Waals surface area contributed by atoms with Crippen molar-refractivity contribution >= 4 is 15.9 Å². The molecule has 0 aliphatic carbocycles. The fourth-order valence-corrected chi connectivity index (χ4v) is 2.61. The van der Waals surface area contributed by atoms with Crippen LogP contribution < -0.4 is 0 Å². The van der Waals surface area contributed by atoms with E-state index in [2.05, 4.69) is 0 Å². The van der Waals surface area contributed by atoms with Gasteiger partial charge in [-0.25, -0.2) is 8.42 Å². The Balaban J connectivity index is 1.83. The van der Waals surface area contributed by atoms with E-state index < -0.39 is 15.8 Å². The summed E-state index contributed by atoms with van der Waals surface area (Å²) in [5.41, 5.74) is -0.130. The summed E-state index contributed by atoms with van der Waals surface area (Å²) in [6, 6.07) is 0. The van der Waals surface area contributed by atoms with E-state index in [1.807, 2.05) is 13.8 Å². The fraction of sp³-hybridized carbons (Fsp3) is 0.917. The normalized spacial score (nSPS) is 24.8. The zero-order valence-electron chi connectivity index (χ0n) is 12.4. The lowest BCUT2D eigenvalue weighted by atomic mass is 9.80. The Morgan fingerprint density at radius 1 is 1.25 bits per heavy atom. The predicted molar refractivity (Wildman–Crippen MR) is 72.5 cm³/mol. The lowest BCUT2D eigenvalue weighted by molar-refractivity contribution is -0.302. The van der Waals surface area contributed by atoms with Crippen LogP contribution in [0.5, 0.6) is 0 Å². The Labute approximate surface area is 119 Å². The van der Waals surface area contributed by atoms with Crippen molar-refractivity contribution in [2.24, 2.45) is 5.41 Å². The molecule has 8 heteroatoms. The Morgan fingerprint density at radius 2 is 1.75 bits per heavy atom. The van der Waals surface area contributed by atoms with Gasteiger partial charge >= 0.3 is 0 Å². The van der Waals surface area contributed by atoms with Gasteiger partial charge in [-0.1, -0.05) is 0 Å². The SMILES string of the molecule is CN(CC(=O)N1CC2(COC(C)(C)OC2)C1)S(C)(=O)=O. The quantitative estimate of drug-likeness (QED) is 0.702. The first-order valence-electron chi connectivity index (χ1n) is 6.50. The van der Waals surface area contributed by atoms with Crippen LogP contribution in [0.4, 0.5) is 0 Å². The van der Waals surface area contributed by atoms with E-state index in [4.69, 9.17) is 9.47 Å². The summed E-state index contributed by atoms with van der Waals surface area (Å²) in [5, 5.41) is 0. The average molecular weight is 306 g/mol. The van der Waals surface area contributed by atoms with Crippen molar-refractivity contribution in [1.29, 1.82) is 0 Å². The zero-order valence-corrected chi connectivity index (χ0v) is 13.2. The molecule has 1 amide bonds. The Morgan fingerprint density at radius 3 is 2.20 bits per heavy atom. The highest BCUT2D eigenvalue weighted by molar-refractivity contribution is 7.88. The highest BCUT2D eigenvalue weighted by Gasteiger charge is 2.50. The predicted octanol–water partition coefficient (Wildman–Crippen LogP) is -0.511. The first-order chi connectivity index (χ1) is 9.03. The van der Waals surface area contributed by atoms with Gasteiger partial charge in [0.05, 0.1) is 31.4 Å². The first kappa shape index (κ1) is 15.7. The van der Waals surface area contributed by atoms with Crippen LogP contribution in [0.1, 0.15) is 13.8 Å². The minimum absolute atomic E-state index is 0.123. The van der Waals surface area contributed by atoms with E-state index in [1.165, 1.54) is 7.05 Å². The first-order valence-corrected chi connectivity index (χ1v) is 8.35. The summed E-state index contributed by atoms with van der Waals surface area (Å²) >= 11 is 0. The highest BCUT2D eigenvalue weighted by Crippen LogP contribution is 2.37. The molecule has 2 heterocycles. The van der Waals surface area contributed by atoms with Crippen molar-refractivity contribution in [2.75, 3.05) is 46.2 Å². The largest absolute Gasteiger partial charge is 0.350 e. The molecule has 0 bridgehead atoms. The minimum atomic E-state index is -3.33. The van der Waals surface area contributed by atoms with E-state index >= 15 is 0 Å². The Hall–Kier alpha value is -0.700. The monoisotopic (exact) mass is 306 g/mol. The zero-order chi connectivity index (χ0) is 15.2. The van der Waals surface area contributed by atoms with Crippen LogP contribution in [0.25, 0.3) is 0 Å². The maximum absolute atomic E-state index is 12.0. The Kier molecular flexibility index (Phi) is 3.87. The molecule has 7 nitrogen and oxygen atoms in total. The van der Waals surface area contributed by atoms with Crippen molar-refractivity contribution in [3.05, 3.63) is 0 Å². The van der Waals surface area contributed by atoms with E-state index in [0.717, 1.165) is 10.6 Å². The van der Waals surface area contributed by atoms with Gasteiger partial charge in [0.15, 0.2) is 5.79 Å². The number of likely N-dealkylation sites (tertiary alicyclic amines) is 1. The number of hydrogen-bond acceptors (Lipinski definition) is 5. The third kappa shape index (κ3) is 3.30. The van der Waals surface area contributed by atoms with Gasteiger partial charge in [-0.3, -0.25) is 4.79 Å². The van der Waals surface area contributed by atoms with Crippen LogP contribution in [0.15, 0.2) is 0 Å². The van der Waals surface area contributed by atoms with Gasteiger partial charge in [-0.2, -0.15) is 4.31 Å². The third-order valence-electron chi connectivity index (χ3n) is 3.78. The molecular weight excluding hydrogens is 284 g/mol. The number of nitrogens with zero attached hydrogens (tertiary/aromatic N) is 2. The lowest BCUT2D eigenvalue weighted by Crippen LogP contribution is -2.66. The fourth-order valence-electron chi connectivity index (χ4n) is 2.27. The van der Waals surface area contributed by atoms with E-state index in [1.54, 1.807) is 4.90 Å². The summed E-state index contributed by atoms with van der Waals surface area (Å²) in [6.07, 6.45) is 1.09. The minimum Gasteiger partial charge on any atom is -0.350 e. The standard InChI is InChI=1S/C12H22N2O5S/c1-11(2)18-8-12(9-19-11)6-14(7-12)10(15)5-13(3)20(4,16)17/h5-9H2,1-4H3. The number of amides is 1. The van der Waals surface area contributed by atoms with Crippen molar-refractivity contribution in [1.82, 2.24) is 9.21 Å². The molecule has 2 rings (SSSR count). The van der Waals surface area contributed by atoms with Crippen LogP contribution in [-0.2, 0) is 24.3 Å². The molecule has 0 atom stereocenters. The molecule has 0 unspecified atom stereocenters. The van der Waals surface area contributed by atoms with Gasteiger partial charge in [-0.15, -0.1) is 0 Å². The van der Waals surface area contributed by atoms with E-state index in [0.29, 0.717) is 26.3 Å². The van der Waals surface area contributed by atoms with Gasteiger partial charge in [-0.05, 0) is 13.8 Å². The lowest BCUT2D eigenvalue weighted by Gasteiger charge is -2.54. The maximum atomic E-state index is 12.0. The molecule has 2 aliphatic heterocycles. The molecule has 0 aromatic heterocycles. The number of carbonyl (C=O) groups excluding carboxylic acids is 1. The molecule has 2 fully saturated rings. The molecule has 116 valence electrons. The topological polar surface area (TPSA) is 76.2 Å². The van der Waals surface area contributed by atoms with Gasteiger partial charge in [0.2, 0.25) is 15.9 Å². The molecule has 20 heavy (non-hydrogen) atoms. The summed E-state index contributed by atoms with van der Waals surface area (Å²) in [4.78, 5) is 13.6. The van der Waals surface area contributed by atoms with Gasteiger partial charge in [0, 0.05) is 20.1 Å². The second-order valence-electron chi connectivity index (χ2n) is 6.25. The molecular formula is C12H22N2O5S. The number of hydrogen-bond donors (Lipinski definition) is 0. The Bertz CT molecular complexity index is 484. The summed E-state index contributed by atoms with van der Waals surface area (Å²) in [7, 11) is -1.93. The van der Waals surface area contributed by atoms with E-state index in [9.17, 15) is 13.2 Å². The van der Waals surface area contributed by atoms with Crippen LogP contribution in [-0.4, -0.2) is 75.5 Å². The van der Waals surface area contributed by atoms with Crippen LogP contribution >= 0.6 is 0 Å². The molecule has 0 aromatic rings. The number of sulfonamides is 1. The number of carbonyl (C=O) groups is 1. The van der Waals surface area contributed by atoms with Gasteiger partial charge in [0.25, 0.3) is 0 Å². The van der Waals surface area contributed by atoms with Crippen LogP contribution in [0, 0.1) is 5.41 Å². The van der Waals surface area contributed by atoms with E-state index in [-0.39, 0.29) is 17.9 Å². The second kappa shape index (κ2) is 4.94. The number of ether oxygens (including phenoxy) is 2. The molecule has 2 saturated heterocycles. The third-order valence-corrected chi connectivity index (χ3v) is 5.04. The van der Waals surface area contributed by atoms with Crippen molar-refractivity contribution < 1.29 is 22.7 Å². The average Bonchev–Trinajstić information content (AvgIpc) is 2.25. The van der Waals surface area contributed by atoms with Crippen molar-refractivity contribution in [3.63, 3.8) is 0 Å². The van der Waals surface area contributed by atoms with Crippen molar-refractivity contribution in [2.45, 2.75) is 19.6 Å². The molecule has 0 aromatic carbocycles.